The van der Waals surface area contributed by atoms with Crippen LogP contribution in [-0.2, 0) is 0 Å². The average Bonchev–Trinajstić information content (AvgIpc) is 3.13. The summed E-state index contributed by atoms with van der Waals surface area (Å²) >= 11 is 3.41. The summed E-state index contributed by atoms with van der Waals surface area (Å²) in [6, 6.07) is 13.7. The summed E-state index contributed by atoms with van der Waals surface area (Å²) in [4.78, 5) is 14.7. The standard InChI is InChI=1S/C22H22BrN3O2/c1-15-11-19(26-9-3-2-4-10-26)7-5-16(15)14-24-25-22(27)21-13-17-12-18(23)6-8-20(17)28-21/h5-8,11-14H,2-4,9-10H2,1H3,(H,25,27)/b24-14+. The Hall–Kier alpha value is -2.60. The zero-order valence-electron chi connectivity index (χ0n) is 15.7. The van der Waals surface area contributed by atoms with Gasteiger partial charge in [0.2, 0.25) is 0 Å². The minimum Gasteiger partial charge on any atom is -0.451 e. The van der Waals surface area contributed by atoms with Crippen LogP contribution >= 0.6 is 15.9 Å². The lowest BCUT2D eigenvalue weighted by atomic mass is 10.1. The van der Waals surface area contributed by atoms with Gasteiger partial charge in [0.1, 0.15) is 5.58 Å². The monoisotopic (exact) mass is 439 g/mol. The number of hydrogen-bond donors (Lipinski definition) is 1. The van der Waals surface area contributed by atoms with Gasteiger partial charge in [-0.05, 0) is 73.7 Å². The smallest absolute Gasteiger partial charge is 0.307 e. The van der Waals surface area contributed by atoms with E-state index in [1.165, 1.54) is 24.9 Å². The molecule has 1 fully saturated rings. The molecule has 1 aromatic heterocycles. The summed E-state index contributed by atoms with van der Waals surface area (Å²) in [5.41, 5.74) is 6.58. The molecule has 0 saturated carbocycles. The molecule has 0 unspecified atom stereocenters. The van der Waals surface area contributed by atoms with Gasteiger partial charge in [-0.2, -0.15) is 5.10 Å². The Balaban J connectivity index is 1.42. The van der Waals surface area contributed by atoms with Crippen LogP contribution in [0.1, 0.15) is 40.9 Å². The fraction of sp³-hybridized carbons (Fsp3) is 0.273. The van der Waals surface area contributed by atoms with Crippen molar-refractivity contribution in [1.29, 1.82) is 0 Å². The lowest BCUT2D eigenvalue weighted by molar-refractivity contribution is 0.0929. The Labute approximate surface area is 172 Å². The van der Waals surface area contributed by atoms with Crippen LogP contribution in [0.5, 0.6) is 0 Å². The van der Waals surface area contributed by atoms with E-state index in [-0.39, 0.29) is 11.7 Å². The number of amides is 1. The third-order valence-corrected chi connectivity index (χ3v) is 5.54. The van der Waals surface area contributed by atoms with E-state index < -0.39 is 0 Å². The number of rotatable bonds is 4. The minimum absolute atomic E-state index is 0.238. The summed E-state index contributed by atoms with van der Waals surface area (Å²) in [5.74, 6) is -0.131. The van der Waals surface area contributed by atoms with Crippen molar-refractivity contribution < 1.29 is 9.21 Å². The molecule has 1 aliphatic rings. The number of carbonyl (C=O) groups is 1. The number of anilines is 1. The van der Waals surface area contributed by atoms with Crippen LogP contribution in [0.25, 0.3) is 11.0 Å². The van der Waals surface area contributed by atoms with Gasteiger partial charge in [0, 0.05) is 28.6 Å². The van der Waals surface area contributed by atoms with Gasteiger partial charge in [-0.15, -0.1) is 0 Å². The molecule has 1 N–H and O–H groups in total. The summed E-state index contributed by atoms with van der Waals surface area (Å²) < 4.78 is 6.52. The first-order valence-electron chi connectivity index (χ1n) is 9.48. The second kappa shape index (κ2) is 8.19. The highest BCUT2D eigenvalue weighted by molar-refractivity contribution is 9.10. The highest BCUT2D eigenvalue weighted by Crippen LogP contribution is 2.24. The molecule has 6 heteroatoms. The number of hydrogen-bond acceptors (Lipinski definition) is 4. The zero-order chi connectivity index (χ0) is 19.5. The van der Waals surface area contributed by atoms with Crippen LogP contribution in [0, 0.1) is 6.92 Å². The molecule has 1 aliphatic heterocycles. The van der Waals surface area contributed by atoms with E-state index >= 15 is 0 Å². The maximum absolute atomic E-state index is 12.3. The molecule has 3 aromatic rings. The number of nitrogens with one attached hydrogen (secondary N) is 1. The second-order valence-electron chi connectivity index (χ2n) is 7.08. The van der Waals surface area contributed by atoms with E-state index in [2.05, 4.69) is 50.4 Å². The largest absolute Gasteiger partial charge is 0.451 e. The van der Waals surface area contributed by atoms with Crippen molar-refractivity contribution in [3.8, 4) is 0 Å². The lowest BCUT2D eigenvalue weighted by Gasteiger charge is -2.29. The van der Waals surface area contributed by atoms with Gasteiger partial charge in [0.05, 0.1) is 6.21 Å². The Morgan fingerprint density at radius 2 is 1.96 bits per heavy atom. The third-order valence-electron chi connectivity index (χ3n) is 5.05. The van der Waals surface area contributed by atoms with Gasteiger partial charge in [-0.3, -0.25) is 4.79 Å². The first-order valence-corrected chi connectivity index (χ1v) is 10.3. The molecule has 1 amide bonds. The molecule has 1 saturated heterocycles. The van der Waals surface area contributed by atoms with Gasteiger partial charge in [0.15, 0.2) is 5.76 Å². The van der Waals surface area contributed by atoms with Crippen molar-refractivity contribution in [2.75, 3.05) is 18.0 Å². The molecule has 0 atom stereocenters. The highest BCUT2D eigenvalue weighted by Gasteiger charge is 2.13. The number of nitrogens with zero attached hydrogens (tertiary/aromatic N) is 2. The molecule has 28 heavy (non-hydrogen) atoms. The van der Waals surface area contributed by atoms with E-state index in [0.717, 1.165) is 34.1 Å². The van der Waals surface area contributed by atoms with Gasteiger partial charge in [-0.1, -0.05) is 22.0 Å². The molecule has 0 bridgehead atoms. The maximum Gasteiger partial charge on any atom is 0.307 e. The van der Waals surface area contributed by atoms with Crippen LogP contribution in [0.4, 0.5) is 5.69 Å². The average molecular weight is 440 g/mol. The summed E-state index contributed by atoms with van der Waals surface area (Å²) in [6.45, 7) is 4.31. The van der Waals surface area contributed by atoms with Gasteiger partial charge >= 0.3 is 5.91 Å². The second-order valence-corrected chi connectivity index (χ2v) is 8.00. The van der Waals surface area contributed by atoms with Crippen LogP contribution < -0.4 is 10.3 Å². The van der Waals surface area contributed by atoms with E-state index in [1.54, 1.807) is 12.3 Å². The number of carbonyl (C=O) groups excluding carboxylic acids is 1. The Morgan fingerprint density at radius 3 is 2.75 bits per heavy atom. The fourth-order valence-electron chi connectivity index (χ4n) is 3.50. The topological polar surface area (TPSA) is 57.8 Å². The van der Waals surface area contributed by atoms with Crippen molar-refractivity contribution in [2.45, 2.75) is 26.2 Å². The van der Waals surface area contributed by atoms with E-state index in [4.69, 9.17) is 4.42 Å². The van der Waals surface area contributed by atoms with Crippen LogP contribution in [0.2, 0.25) is 0 Å². The van der Waals surface area contributed by atoms with Crippen LogP contribution in [-0.4, -0.2) is 25.2 Å². The number of piperidine rings is 1. The van der Waals surface area contributed by atoms with Gasteiger partial charge < -0.3 is 9.32 Å². The molecule has 0 radical (unpaired) electrons. The van der Waals surface area contributed by atoms with Crippen molar-refractivity contribution in [2.24, 2.45) is 5.10 Å². The van der Waals surface area contributed by atoms with E-state index in [0.29, 0.717) is 5.58 Å². The fourth-order valence-corrected chi connectivity index (χ4v) is 3.87. The van der Waals surface area contributed by atoms with Crippen molar-refractivity contribution in [3.63, 3.8) is 0 Å². The van der Waals surface area contributed by atoms with Crippen LogP contribution in [0.15, 0.2) is 56.5 Å². The number of fused-ring (bicyclic) bond motifs is 1. The minimum atomic E-state index is -0.369. The number of hydrazone groups is 1. The van der Waals surface area contributed by atoms with E-state index in [1.807, 2.05) is 24.3 Å². The van der Waals surface area contributed by atoms with Crippen LogP contribution in [0.3, 0.4) is 0 Å². The summed E-state index contributed by atoms with van der Waals surface area (Å²) in [7, 11) is 0. The molecular weight excluding hydrogens is 418 g/mol. The van der Waals surface area contributed by atoms with Gasteiger partial charge in [0.25, 0.3) is 0 Å². The predicted molar refractivity (Wildman–Crippen MR) is 116 cm³/mol. The lowest BCUT2D eigenvalue weighted by Crippen LogP contribution is -2.29. The number of halogens is 1. The number of aryl methyl sites for hydroxylation is 1. The Bertz CT molecular complexity index is 1040. The summed E-state index contributed by atoms with van der Waals surface area (Å²) in [6.07, 6.45) is 5.51. The van der Waals surface area contributed by atoms with Gasteiger partial charge in [-0.25, -0.2) is 5.43 Å². The molecule has 0 spiro atoms. The molecule has 0 aliphatic carbocycles. The maximum atomic E-state index is 12.3. The molecular formula is C22H22BrN3O2. The van der Waals surface area contributed by atoms with E-state index in [9.17, 15) is 4.79 Å². The molecule has 2 aromatic carbocycles. The molecule has 4 rings (SSSR count). The molecule has 2 heterocycles. The zero-order valence-corrected chi connectivity index (χ0v) is 17.3. The third kappa shape index (κ3) is 4.12. The SMILES string of the molecule is Cc1cc(N2CCCCC2)ccc1/C=N/NC(=O)c1cc2cc(Br)ccc2o1. The Kier molecular flexibility index (Phi) is 5.48. The number of furan rings is 1. The number of benzene rings is 2. The van der Waals surface area contributed by atoms with Crippen molar-refractivity contribution >= 4 is 44.7 Å². The quantitative estimate of drug-likeness (QED) is 0.445. The normalized spacial score (nSPS) is 14.7. The highest BCUT2D eigenvalue weighted by atomic mass is 79.9. The molecule has 5 nitrogen and oxygen atoms in total. The Morgan fingerprint density at radius 1 is 1.14 bits per heavy atom. The first-order chi connectivity index (χ1) is 13.6. The predicted octanol–water partition coefficient (Wildman–Crippen LogP) is 5.26. The molecule has 144 valence electrons. The summed E-state index contributed by atoms with van der Waals surface area (Å²) in [5, 5.41) is 4.97. The van der Waals surface area contributed by atoms with Crippen molar-refractivity contribution in [3.05, 3.63) is 63.8 Å². The van der Waals surface area contributed by atoms with Crippen molar-refractivity contribution in [1.82, 2.24) is 5.43 Å². The first kappa shape index (κ1) is 18.7.